The molecule has 0 N–H and O–H groups in total. The molecule has 4 heteroatoms. The predicted octanol–water partition coefficient (Wildman–Crippen LogP) is 5.68. The lowest BCUT2D eigenvalue weighted by Crippen LogP contribution is -1.78. The highest BCUT2D eigenvalue weighted by Gasteiger charge is 2.01. The highest BCUT2D eigenvalue weighted by atomic mass is 33.1. The Bertz CT molecular complexity index is 512. The van der Waals surface area contributed by atoms with Crippen LogP contribution in [0, 0.1) is 13.8 Å². The van der Waals surface area contributed by atoms with Crippen molar-refractivity contribution in [2.24, 2.45) is 0 Å². The van der Waals surface area contributed by atoms with Crippen molar-refractivity contribution in [1.29, 1.82) is 0 Å². The molecule has 0 heterocycles. The fourth-order valence-corrected chi connectivity index (χ4v) is 3.82. The molecule has 2 rings (SSSR count). The molecule has 0 saturated carbocycles. The van der Waals surface area contributed by atoms with Gasteiger partial charge in [-0.2, -0.15) is 0 Å². The van der Waals surface area contributed by atoms with Crippen molar-refractivity contribution in [2.75, 3.05) is 0 Å². The third kappa shape index (κ3) is 3.67. The van der Waals surface area contributed by atoms with Gasteiger partial charge in [-0.15, -0.1) is 25.3 Å². The Morgan fingerprint density at radius 2 is 1.11 bits per heavy atom. The fraction of sp³-hybridized carbons (Fsp3) is 0.143. The molecule has 0 spiro atoms. The van der Waals surface area contributed by atoms with Gasteiger partial charge in [-0.05, 0) is 61.4 Å². The summed E-state index contributed by atoms with van der Waals surface area (Å²) in [4.78, 5) is 4.59. The molecular formula is C14H14S4. The molecule has 0 fully saturated rings. The second kappa shape index (κ2) is 6.33. The van der Waals surface area contributed by atoms with Crippen LogP contribution < -0.4 is 0 Å². The zero-order valence-corrected chi connectivity index (χ0v) is 13.6. The van der Waals surface area contributed by atoms with Gasteiger partial charge in [0.15, 0.2) is 0 Å². The van der Waals surface area contributed by atoms with E-state index in [-0.39, 0.29) is 0 Å². The van der Waals surface area contributed by atoms with Crippen LogP contribution >= 0.6 is 46.8 Å². The van der Waals surface area contributed by atoms with Crippen molar-refractivity contribution in [2.45, 2.75) is 33.4 Å². The molecule has 2 aromatic rings. The molecule has 0 bridgehead atoms. The lowest BCUT2D eigenvalue weighted by molar-refractivity contribution is 1.25. The summed E-state index contributed by atoms with van der Waals surface area (Å²) in [6.07, 6.45) is 0. The number of benzene rings is 2. The molecule has 0 amide bonds. The van der Waals surface area contributed by atoms with Crippen LogP contribution in [0.3, 0.4) is 0 Å². The van der Waals surface area contributed by atoms with Gasteiger partial charge in [-0.25, -0.2) is 0 Å². The Morgan fingerprint density at radius 3 is 1.44 bits per heavy atom. The maximum absolute atomic E-state index is 4.38. The molecule has 0 atom stereocenters. The number of rotatable bonds is 3. The highest BCUT2D eigenvalue weighted by Crippen LogP contribution is 2.38. The zero-order valence-electron chi connectivity index (χ0n) is 10.2. The summed E-state index contributed by atoms with van der Waals surface area (Å²) in [6.45, 7) is 4.16. The number of hydrogen-bond acceptors (Lipinski definition) is 4. The predicted molar refractivity (Wildman–Crippen MR) is 88.6 cm³/mol. The first kappa shape index (κ1) is 14.3. The zero-order chi connectivity index (χ0) is 13.1. The first-order chi connectivity index (χ1) is 8.56. The highest BCUT2D eigenvalue weighted by molar-refractivity contribution is 8.76. The average Bonchev–Trinajstić information content (AvgIpc) is 2.35. The SMILES string of the molecule is Cc1cc(SSc2ccc(S)c(C)c2)ccc1S. The normalized spacial score (nSPS) is 10.7. The van der Waals surface area contributed by atoms with Crippen LogP contribution in [0.2, 0.25) is 0 Å². The summed E-state index contributed by atoms with van der Waals surface area (Å²) in [6, 6.07) is 12.6. The van der Waals surface area contributed by atoms with Gasteiger partial charge in [0.25, 0.3) is 0 Å². The minimum Gasteiger partial charge on any atom is -0.143 e. The molecule has 0 radical (unpaired) electrons. The van der Waals surface area contributed by atoms with Crippen LogP contribution in [0.5, 0.6) is 0 Å². The van der Waals surface area contributed by atoms with Gasteiger partial charge in [0.1, 0.15) is 0 Å². The molecule has 0 nitrogen and oxygen atoms in total. The van der Waals surface area contributed by atoms with Crippen LogP contribution in [0.4, 0.5) is 0 Å². The molecule has 2 aromatic carbocycles. The number of aryl methyl sites for hydroxylation is 2. The van der Waals surface area contributed by atoms with Crippen LogP contribution in [-0.4, -0.2) is 0 Å². The largest absolute Gasteiger partial charge is 0.143 e. The third-order valence-corrected chi connectivity index (χ3v) is 5.95. The van der Waals surface area contributed by atoms with Gasteiger partial charge in [0.2, 0.25) is 0 Å². The standard InChI is InChI=1S/C14H14S4/c1-9-7-11(3-5-13(9)15)17-18-12-4-6-14(16)10(2)8-12/h3-8,15-16H,1-2H3. The van der Waals surface area contributed by atoms with Gasteiger partial charge in [-0.1, -0.05) is 21.6 Å². The second-order valence-electron chi connectivity index (χ2n) is 4.06. The van der Waals surface area contributed by atoms with Crippen LogP contribution in [0.1, 0.15) is 11.1 Å². The summed E-state index contributed by atoms with van der Waals surface area (Å²) >= 11 is 8.77. The lowest BCUT2D eigenvalue weighted by atomic mass is 10.2. The minimum absolute atomic E-state index is 1.04. The van der Waals surface area contributed by atoms with Crippen molar-refractivity contribution in [3.8, 4) is 0 Å². The Labute approximate surface area is 127 Å². The Kier molecular flexibility index (Phi) is 5.01. The van der Waals surface area contributed by atoms with Crippen molar-refractivity contribution in [1.82, 2.24) is 0 Å². The van der Waals surface area contributed by atoms with Gasteiger partial charge in [0, 0.05) is 19.6 Å². The van der Waals surface area contributed by atoms with Crippen LogP contribution in [0.25, 0.3) is 0 Å². The van der Waals surface area contributed by atoms with E-state index in [2.05, 4.69) is 63.4 Å². The molecule has 0 aliphatic heterocycles. The molecule has 94 valence electrons. The summed E-state index contributed by atoms with van der Waals surface area (Å²) in [5.41, 5.74) is 2.43. The number of hydrogen-bond donors (Lipinski definition) is 2. The molecule has 0 unspecified atom stereocenters. The van der Waals surface area contributed by atoms with E-state index in [1.807, 2.05) is 12.1 Å². The molecule has 18 heavy (non-hydrogen) atoms. The monoisotopic (exact) mass is 310 g/mol. The van der Waals surface area contributed by atoms with Crippen molar-refractivity contribution >= 4 is 46.8 Å². The fourth-order valence-electron chi connectivity index (χ4n) is 1.46. The molecular weight excluding hydrogens is 296 g/mol. The maximum atomic E-state index is 4.38. The average molecular weight is 311 g/mol. The van der Waals surface area contributed by atoms with E-state index < -0.39 is 0 Å². The Morgan fingerprint density at radius 1 is 0.722 bits per heavy atom. The quantitative estimate of drug-likeness (QED) is 0.553. The molecule has 0 aliphatic rings. The van der Waals surface area contributed by atoms with E-state index in [0.29, 0.717) is 0 Å². The number of thiol groups is 2. The van der Waals surface area contributed by atoms with Crippen LogP contribution in [0.15, 0.2) is 56.0 Å². The third-order valence-electron chi connectivity index (χ3n) is 2.57. The van der Waals surface area contributed by atoms with Crippen molar-refractivity contribution in [3.05, 3.63) is 47.5 Å². The smallest absolute Gasteiger partial charge is 0.0189 e. The van der Waals surface area contributed by atoms with Gasteiger partial charge in [-0.3, -0.25) is 0 Å². The topological polar surface area (TPSA) is 0 Å². The summed E-state index contributed by atoms with van der Waals surface area (Å²) in [7, 11) is 3.54. The van der Waals surface area contributed by atoms with E-state index in [1.54, 1.807) is 21.6 Å². The van der Waals surface area contributed by atoms with Gasteiger partial charge < -0.3 is 0 Å². The van der Waals surface area contributed by atoms with E-state index in [1.165, 1.54) is 20.9 Å². The lowest BCUT2D eigenvalue weighted by Gasteiger charge is -2.05. The van der Waals surface area contributed by atoms with E-state index in [4.69, 9.17) is 0 Å². The van der Waals surface area contributed by atoms with E-state index >= 15 is 0 Å². The molecule has 0 aromatic heterocycles. The van der Waals surface area contributed by atoms with Gasteiger partial charge >= 0.3 is 0 Å². The molecule has 0 saturated heterocycles. The first-order valence-electron chi connectivity index (χ1n) is 5.50. The Hall–Kier alpha value is -0.160. The minimum atomic E-state index is 1.04. The van der Waals surface area contributed by atoms with Gasteiger partial charge in [0.05, 0.1) is 0 Å². The second-order valence-corrected chi connectivity index (χ2v) is 7.30. The first-order valence-corrected chi connectivity index (χ1v) is 8.54. The summed E-state index contributed by atoms with van der Waals surface area (Å²) < 4.78 is 0. The van der Waals surface area contributed by atoms with Crippen molar-refractivity contribution < 1.29 is 0 Å². The maximum Gasteiger partial charge on any atom is 0.0189 e. The van der Waals surface area contributed by atoms with E-state index in [9.17, 15) is 0 Å². The van der Waals surface area contributed by atoms with Crippen LogP contribution in [-0.2, 0) is 0 Å². The van der Waals surface area contributed by atoms with E-state index in [0.717, 1.165) is 9.79 Å². The summed E-state index contributed by atoms with van der Waals surface area (Å²) in [5.74, 6) is 0. The molecule has 0 aliphatic carbocycles. The Balaban J connectivity index is 2.06. The van der Waals surface area contributed by atoms with Crippen molar-refractivity contribution in [3.63, 3.8) is 0 Å². The summed E-state index contributed by atoms with van der Waals surface area (Å²) in [5, 5.41) is 0.